The monoisotopic (exact) mass is 370 g/mol. The topological polar surface area (TPSA) is 71.2 Å². The number of ether oxygens (including phenoxy) is 2. The van der Waals surface area contributed by atoms with Crippen molar-refractivity contribution in [2.75, 3.05) is 12.0 Å². The Morgan fingerprint density at radius 3 is 2.73 bits per heavy atom. The molecule has 0 radical (unpaired) electrons. The third-order valence-corrected chi connectivity index (χ3v) is 5.06. The third kappa shape index (κ3) is 2.75. The lowest BCUT2D eigenvalue weighted by atomic mass is 10.0. The second-order valence-electron chi connectivity index (χ2n) is 6.65. The highest BCUT2D eigenvalue weighted by atomic mass is 19.4. The number of rotatable bonds is 3. The summed E-state index contributed by atoms with van der Waals surface area (Å²) >= 11 is 0. The lowest BCUT2D eigenvalue weighted by Crippen LogP contribution is -2.52. The number of carbonyl (C=O) groups is 2. The molecule has 4 rings (SSSR count). The van der Waals surface area contributed by atoms with Gasteiger partial charge in [0.2, 0.25) is 5.91 Å². The molecular formula is C17H17F3N2O4. The molecule has 1 N–H and O–H groups in total. The van der Waals surface area contributed by atoms with E-state index in [0.717, 1.165) is 11.1 Å². The van der Waals surface area contributed by atoms with E-state index in [-0.39, 0.29) is 0 Å². The Bertz CT molecular complexity index is 767. The Labute approximate surface area is 147 Å². The van der Waals surface area contributed by atoms with Gasteiger partial charge in [-0.1, -0.05) is 18.2 Å². The highest BCUT2D eigenvalue weighted by Crippen LogP contribution is 2.41. The average Bonchev–Trinajstić information content (AvgIpc) is 3.30. The number of aryl methyl sites for hydroxylation is 1. The molecule has 1 fully saturated rings. The van der Waals surface area contributed by atoms with Gasteiger partial charge in [0.25, 0.3) is 0 Å². The van der Waals surface area contributed by atoms with Crippen LogP contribution in [0, 0.1) is 0 Å². The van der Waals surface area contributed by atoms with E-state index in [0.29, 0.717) is 24.9 Å². The molecule has 6 nitrogen and oxygen atoms in total. The van der Waals surface area contributed by atoms with Crippen molar-refractivity contribution in [2.45, 2.75) is 49.9 Å². The standard InChI is InChI=1S/C17H17F3N2O4/c1-25-16(24)11-7-9-4-2-3-8-5-6-10(15(23)22(11)12(8)9)21-14-13(26-14)17(18,19)20/h2-4,10-11,13-14,21H,5-7H2,1H3/t10?,11-,13?,14?/m0/s1. The molecule has 0 aromatic heterocycles. The molecule has 0 aliphatic carbocycles. The van der Waals surface area contributed by atoms with Gasteiger partial charge in [-0.25, -0.2) is 4.79 Å². The predicted octanol–water partition coefficient (Wildman–Crippen LogP) is 1.31. The summed E-state index contributed by atoms with van der Waals surface area (Å²) in [5.41, 5.74) is 2.44. The molecule has 3 aliphatic rings. The van der Waals surface area contributed by atoms with Gasteiger partial charge >= 0.3 is 12.1 Å². The maximum absolute atomic E-state index is 13.0. The van der Waals surface area contributed by atoms with E-state index < -0.39 is 42.5 Å². The van der Waals surface area contributed by atoms with Crippen LogP contribution in [-0.4, -0.2) is 49.6 Å². The number of para-hydroxylation sites is 1. The van der Waals surface area contributed by atoms with Crippen molar-refractivity contribution in [3.05, 3.63) is 29.3 Å². The van der Waals surface area contributed by atoms with Gasteiger partial charge in [-0.2, -0.15) is 13.2 Å². The fraction of sp³-hybridized carbons (Fsp3) is 0.529. The van der Waals surface area contributed by atoms with E-state index in [1.165, 1.54) is 12.0 Å². The fourth-order valence-corrected chi connectivity index (χ4v) is 3.80. The summed E-state index contributed by atoms with van der Waals surface area (Å²) in [7, 11) is 1.25. The minimum Gasteiger partial charge on any atom is -0.467 e. The van der Waals surface area contributed by atoms with Crippen molar-refractivity contribution in [1.29, 1.82) is 0 Å². The minimum absolute atomic E-state index is 0.324. The molecule has 3 heterocycles. The Hall–Kier alpha value is -2.13. The zero-order valence-corrected chi connectivity index (χ0v) is 13.9. The van der Waals surface area contributed by atoms with Crippen LogP contribution in [0.5, 0.6) is 0 Å². The van der Waals surface area contributed by atoms with Gasteiger partial charge in [-0.15, -0.1) is 0 Å². The number of hydrogen-bond acceptors (Lipinski definition) is 5. The number of nitrogens with zero attached hydrogens (tertiary/aromatic N) is 1. The molecule has 9 heteroatoms. The van der Waals surface area contributed by atoms with Crippen molar-refractivity contribution in [3.63, 3.8) is 0 Å². The summed E-state index contributed by atoms with van der Waals surface area (Å²) < 4.78 is 47.5. The summed E-state index contributed by atoms with van der Waals surface area (Å²) in [5, 5.41) is 2.65. The molecule has 4 atom stereocenters. The van der Waals surface area contributed by atoms with Crippen molar-refractivity contribution in [2.24, 2.45) is 0 Å². The Kier molecular flexibility index (Phi) is 3.96. The quantitative estimate of drug-likeness (QED) is 0.642. The van der Waals surface area contributed by atoms with E-state index in [2.05, 4.69) is 10.1 Å². The van der Waals surface area contributed by atoms with E-state index >= 15 is 0 Å². The Morgan fingerprint density at radius 1 is 1.35 bits per heavy atom. The summed E-state index contributed by atoms with van der Waals surface area (Å²) in [4.78, 5) is 26.6. The number of methoxy groups -OCH3 is 1. The normalized spacial score (nSPS) is 30.0. The number of esters is 1. The van der Waals surface area contributed by atoms with Crippen LogP contribution in [0.15, 0.2) is 18.2 Å². The van der Waals surface area contributed by atoms with Crippen molar-refractivity contribution < 1.29 is 32.2 Å². The number of amides is 1. The van der Waals surface area contributed by atoms with E-state index in [1.54, 1.807) is 0 Å². The van der Waals surface area contributed by atoms with Crippen LogP contribution in [0.4, 0.5) is 18.9 Å². The second-order valence-corrected chi connectivity index (χ2v) is 6.65. The maximum Gasteiger partial charge on any atom is 0.418 e. The van der Waals surface area contributed by atoms with Crippen LogP contribution in [0.3, 0.4) is 0 Å². The molecule has 3 unspecified atom stereocenters. The van der Waals surface area contributed by atoms with Gasteiger partial charge in [0, 0.05) is 6.42 Å². The number of carbonyl (C=O) groups excluding carboxylic acids is 2. The molecule has 1 amide bonds. The molecule has 1 aromatic rings. The zero-order chi connectivity index (χ0) is 18.6. The summed E-state index contributed by atoms with van der Waals surface area (Å²) in [5.74, 6) is -0.975. The molecule has 1 saturated heterocycles. The van der Waals surface area contributed by atoms with Crippen LogP contribution in [0.1, 0.15) is 17.5 Å². The van der Waals surface area contributed by atoms with E-state index in [9.17, 15) is 22.8 Å². The number of anilines is 1. The summed E-state index contributed by atoms with van der Waals surface area (Å²) in [6.45, 7) is 0. The van der Waals surface area contributed by atoms with Gasteiger partial charge in [0.15, 0.2) is 6.10 Å². The minimum atomic E-state index is -4.47. The zero-order valence-electron chi connectivity index (χ0n) is 13.9. The SMILES string of the molecule is COC(=O)[C@@H]1Cc2cccc3c2N1C(=O)C(NC1OC1C(F)(F)F)CC3. The van der Waals surface area contributed by atoms with Gasteiger partial charge in [0.1, 0.15) is 12.3 Å². The number of alkyl halides is 3. The Morgan fingerprint density at radius 2 is 2.08 bits per heavy atom. The van der Waals surface area contributed by atoms with Crippen molar-refractivity contribution >= 4 is 17.6 Å². The first-order chi connectivity index (χ1) is 12.3. The lowest BCUT2D eigenvalue weighted by Gasteiger charge is -2.26. The molecular weight excluding hydrogens is 353 g/mol. The maximum atomic E-state index is 13.0. The van der Waals surface area contributed by atoms with Crippen LogP contribution < -0.4 is 10.2 Å². The van der Waals surface area contributed by atoms with Crippen LogP contribution in [0.25, 0.3) is 0 Å². The lowest BCUT2D eigenvalue weighted by molar-refractivity contribution is -0.146. The highest BCUT2D eigenvalue weighted by Gasteiger charge is 2.59. The number of hydrogen-bond donors (Lipinski definition) is 1. The molecule has 0 bridgehead atoms. The molecule has 1 aromatic carbocycles. The van der Waals surface area contributed by atoms with Crippen LogP contribution in [0.2, 0.25) is 0 Å². The highest BCUT2D eigenvalue weighted by molar-refractivity contribution is 6.06. The summed E-state index contributed by atoms with van der Waals surface area (Å²) in [6, 6.07) is 3.91. The molecule has 140 valence electrons. The fourth-order valence-electron chi connectivity index (χ4n) is 3.80. The molecule has 0 spiro atoms. The van der Waals surface area contributed by atoms with Crippen LogP contribution in [-0.2, 0) is 31.9 Å². The first-order valence-electron chi connectivity index (χ1n) is 8.31. The Balaban J connectivity index is 1.61. The van der Waals surface area contributed by atoms with Gasteiger partial charge in [-0.05, 0) is 24.0 Å². The van der Waals surface area contributed by atoms with Crippen LogP contribution >= 0.6 is 0 Å². The number of nitrogens with one attached hydrogen (secondary N) is 1. The summed E-state index contributed by atoms with van der Waals surface area (Å²) in [6.07, 6.45) is -6.43. The van der Waals surface area contributed by atoms with Crippen molar-refractivity contribution in [3.8, 4) is 0 Å². The van der Waals surface area contributed by atoms with Gasteiger partial charge < -0.3 is 9.47 Å². The second kappa shape index (κ2) is 5.95. The largest absolute Gasteiger partial charge is 0.467 e. The van der Waals surface area contributed by atoms with Crippen molar-refractivity contribution in [1.82, 2.24) is 5.32 Å². The third-order valence-electron chi connectivity index (χ3n) is 5.06. The molecule has 0 saturated carbocycles. The molecule has 3 aliphatic heterocycles. The number of halogens is 3. The number of epoxide rings is 1. The first kappa shape index (κ1) is 17.3. The first-order valence-corrected chi connectivity index (χ1v) is 8.31. The van der Waals surface area contributed by atoms with E-state index in [4.69, 9.17) is 4.74 Å². The average molecular weight is 370 g/mol. The van der Waals surface area contributed by atoms with E-state index in [1.807, 2.05) is 18.2 Å². The van der Waals surface area contributed by atoms with Gasteiger partial charge in [0.05, 0.1) is 18.8 Å². The molecule has 26 heavy (non-hydrogen) atoms. The van der Waals surface area contributed by atoms with Gasteiger partial charge in [-0.3, -0.25) is 15.0 Å². The smallest absolute Gasteiger partial charge is 0.418 e. The number of benzene rings is 1. The predicted molar refractivity (Wildman–Crippen MR) is 83.4 cm³/mol.